The Morgan fingerprint density at radius 3 is 2.06 bits per heavy atom. The third-order valence-corrected chi connectivity index (χ3v) is 3.48. The molecule has 0 aliphatic heterocycles. The minimum Gasteiger partial charge on any atom is -0.396 e. The van der Waals surface area contributed by atoms with Gasteiger partial charge >= 0.3 is 0 Å². The summed E-state index contributed by atoms with van der Waals surface area (Å²) in [6.07, 6.45) is 1.79. The highest BCUT2D eigenvalue weighted by Crippen LogP contribution is 2.23. The van der Waals surface area contributed by atoms with Crippen molar-refractivity contribution in [3.63, 3.8) is 0 Å². The van der Waals surface area contributed by atoms with Gasteiger partial charge in [0, 0.05) is 12.6 Å². The molecule has 4 heteroatoms. The van der Waals surface area contributed by atoms with Crippen LogP contribution in [0.15, 0.2) is 0 Å². The van der Waals surface area contributed by atoms with Crippen LogP contribution >= 0.6 is 0 Å². The highest BCUT2D eigenvalue weighted by Gasteiger charge is 2.34. The van der Waals surface area contributed by atoms with Crippen LogP contribution < -0.4 is 11.1 Å². The van der Waals surface area contributed by atoms with Crippen molar-refractivity contribution in [2.75, 3.05) is 6.61 Å². The molecule has 102 valence electrons. The van der Waals surface area contributed by atoms with E-state index in [1.54, 1.807) is 0 Å². The lowest BCUT2D eigenvalue weighted by Gasteiger charge is -2.35. The van der Waals surface area contributed by atoms with Gasteiger partial charge in [-0.25, -0.2) is 0 Å². The quantitative estimate of drug-likeness (QED) is 0.661. The molecule has 0 aromatic heterocycles. The van der Waals surface area contributed by atoms with Gasteiger partial charge in [0.05, 0.1) is 5.54 Å². The molecule has 17 heavy (non-hydrogen) atoms. The highest BCUT2D eigenvalue weighted by molar-refractivity contribution is 5.86. The molecule has 0 rings (SSSR count). The number of rotatable bonds is 6. The lowest BCUT2D eigenvalue weighted by Crippen LogP contribution is -2.57. The number of carbonyl (C=O) groups is 1. The van der Waals surface area contributed by atoms with Crippen LogP contribution in [0.4, 0.5) is 0 Å². The van der Waals surface area contributed by atoms with Gasteiger partial charge in [0.25, 0.3) is 0 Å². The van der Waals surface area contributed by atoms with E-state index < -0.39 is 5.54 Å². The molecule has 0 radical (unpaired) electrons. The summed E-state index contributed by atoms with van der Waals surface area (Å²) in [5, 5.41) is 12.0. The fourth-order valence-corrected chi connectivity index (χ4v) is 1.72. The first kappa shape index (κ1) is 16.4. The zero-order valence-corrected chi connectivity index (χ0v) is 11.8. The smallest absolute Gasteiger partial charge is 0.240 e. The second kappa shape index (κ2) is 6.36. The predicted molar refractivity (Wildman–Crippen MR) is 70.6 cm³/mol. The van der Waals surface area contributed by atoms with E-state index in [0.29, 0.717) is 19.3 Å². The molecule has 1 unspecified atom stereocenters. The van der Waals surface area contributed by atoms with E-state index in [2.05, 4.69) is 5.32 Å². The number of nitrogens with two attached hydrogens (primary N) is 1. The Morgan fingerprint density at radius 2 is 1.76 bits per heavy atom. The predicted octanol–water partition coefficient (Wildman–Crippen LogP) is 1.42. The molecule has 0 saturated carbocycles. The van der Waals surface area contributed by atoms with Crippen molar-refractivity contribution in [3.05, 3.63) is 0 Å². The van der Waals surface area contributed by atoms with Crippen molar-refractivity contribution in [2.24, 2.45) is 11.1 Å². The number of aliphatic hydroxyl groups excluding tert-OH is 1. The van der Waals surface area contributed by atoms with Crippen LogP contribution in [0.25, 0.3) is 0 Å². The summed E-state index contributed by atoms with van der Waals surface area (Å²) in [5.74, 6) is -0.115. The van der Waals surface area contributed by atoms with Gasteiger partial charge in [-0.2, -0.15) is 0 Å². The zero-order valence-electron chi connectivity index (χ0n) is 11.8. The van der Waals surface area contributed by atoms with Crippen molar-refractivity contribution in [2.45, 2.75) is 65.5 Å². The first-order valence-electron chi connectivity index (χ1n) is 6.42. The van der Waals surface area contributed by atoms with Gasteiger partial charge in [0.1, 0.15) is 0 Å². The molecule has 0 aromatic carbocycles. The molecule has 0 fully saturated rings. The number of aliphatic hydroxyl groups is 1. The SMILES string of the molecule is CCC(N)(CC)C(=O)NC(CCO)C(C)(C)C. The number of amides is 1. The number of hydrogen-bond acceptors (Lipinski definition) is 3. The first-order valence-corrected chi connectivity index (χ1v) is 6.42. The summed E-state index contributed by atoms with van der Waals surface area (Å²) in [6.45, 7) is 10.0. The van der Waals surface area contributed by atoms with E-state index in [0.717, 1.165) is 0 Å². The average Bonchev–Trinajstić information content (AvgIpc) is 2.26. The Bertz CT molecular complexity index is 242. The molecular formula is C13H28N2O2. The van der Waals surface area contributed by atoms with Crippen LogP contribution in [0.2, 0.25) is 0 Å². The highest BCUT2D eigenvalue weighted by atomic mass is 16.3. The summed E-state index contributed by atoms with van der Waals surface area (Å²) >= 11 is 0. The van der Waals surface area contributed by atoms with Gasteiger partial charge in [-0.05, 0) is 24.7 Å². The fraction of sp³-hybridized carbons (Fsp3) is 0.923. The second-order valence-corrected chi connectivity index (χ2v) is 5.77. The molecule has 1 amide bonds. The molecule has 0 aromatic rings. The van der Waals surface area contributed by atoms with Gasteiger partial charge in [-0.3, -0.25) is 4.79 Å². The topological polar surface area (TPSA) is 75.4 Å². The first-order chi connectivity index (χ1) is 7.71. The van der Waals surface area contributed by atoms with E-state index in [-0.39, 0.29) is 24.0 Å². The standard InChI is InChI=1S/C13H28N2O2/c1-6-13(14,7-2)11(17)15-10(8-9-16)12(3,4)5/h10,16H,6-9,14H2,1-5H3,(H,15,17). The Morgan fingerprint density at radius 1 is 1.29 bits per heavy atom. The maximum absolute atomic E-state index is 12.1. The van der Waals surface area contributed by atoms with Crippen molar-refractivity contribution in [1.29, 1.82) is 0 Å². The molecule has 0 heterocycles. The maximum Gasteiger partial charge on any atom is 0.240 e. The van der Waals surface area contributed by atoms with Gasteiger partial charge < -0.3 is 16.2 Å². The molecule has 0 saturated heterocycles. The Hall–Kier alpha value is -0.610. The van der Waals surface area contributed by atoms with E-state index in [1.807, 2.05) is 34.6 Å². The van der Waals surface area contributed by atoms with Gasteiger partial charge in [-0.15, -0.1) is 0 Å². The largest absolute Gasteiger partial charge is 0.396 e. The summed E-state index contributed by atoms with van der Waals surface area (Å²) in [5.41, 5.74) is 5.18. The summed E-state index contributed by atoms with van der Waals surface area (Å²) < 4.78 is 0. The average molecular weight is 244 g/mol. The molecule has 4 N–H and O–H groups in total. The normalized spacial score (nSPS) is 14.5. The van der Waals surface area contributed by atoms with Crippen LogP contribution in [-0.4, -0.2) is 29.2 Å². The maximum atomic E-state index is 12.1. The number of carbonyl (C=O) groups excluding carboxylic acids is 1. The number of nitrogens with one attached hydrogen (secondary N) is 1. The molecule has 0 aliphatic rings. The summed E-state index contributed by atoms with van der Waals surface area (Å²) in [4.78, 5) is 12.1. The van der Waals surface area contributed by atoms with Crippen LogP contribution in [0, 0.1) is 5.41 Å². The van der Waals surface area contributed by atoms with E-state index in [9.17, 15) is 4.79 Å². The summed E-state index contributed by atoms with van der Waals surface area (Å²) in [6, 6.07) is -0.0546. The minimum absolute atomic E-state index is 0.0546. The molecular weight excluding hydrogens is 216 g/mol. The molecule has 4 nitrogen and oxygen atoms in total. The van der Waals surface area contributed by atoms with Crippen LogP contribution in [0.1, 0.15) is 53.9 Å². The number of hydrogen-bond donors (Lipinski definition) is 3. The molecule has 0 bridgehead atoms. The monoisotopic (exact) mass is 244 g/mol. The Kier molecular flexibility index (Phi) is 6.13. The van der Waals surface area contributed by atoms with Crippen molar-refractivity contribution >= 4 is 5.91 Å². The lowest BCUT2D eigenvalue weighted by molar-refractivity contribution is -0.128. The minimum atomic E-state index is -0.793. The van der Waals surface area contributed by atoms with E-state index in [1.165, 1.54) is 0 Å². The molecule has 0 aliphatic carbocycles. The molecule has 0 spiro atoms. The van der Waals surface area contributed by atoms with Crippen LogP contribution in [0.3, 0.4) is 0 Å². The lowest BCUT2D eigenvalue weighted by atomic mass is 9.83. The van der Waals surface area contributed by atoms with Gasteiger partial charge in [0.15, 0.2) is 0 Å². The fourth-order valence-electron chi connectivity index (χ4n) is 1.72. The van der Waals surface area contributed by atoms with E-state index >= 15 is 0 Å². The van der Waals surface area contributed by atoms with Crippen molar-refractivity contribution in [1.82, 2.24) is 5.32 Å². The van der Waals surface area contributed by atoms with E-state index in [4.69, 9.17) is 10.8 Å². The molecule has 1 atom stereocenters. The zero-order chi connectivity index (χ0) is 13.7. The van der Waals surface area contributed by atoms with Gasteiger partial charge in [-0.1, -0.05) is 34.6 Å². The third-order valence-electron chi connectivity index (χ3n) is 3.48. The Balaban J connectivity index is 4.72. The van der Waals surface area contributed by atoms with Crippen LogP contribution in [-0.2, 0) is 4.79 Å². The van der Waals surface area contributed by atoms with Crippen molar-refractivity contribution in [3.8, 4) is 0 Å². The Labute approximate surface area is 105 Å². The second-order valence-electron chi connectivity index (χ2n) is 5.77. The third kappa shape index (κ3) is 4.64. The summed E-state index contributed by atoms with van der Waals surface area (Å²) in [7, 11) is 0. The van der Waals surface area contributed by atoms with Crippen LogP contribution in [0.5, 0.6) is 0 Å². The van der Waals surface area contributed by atoms with Gasteiger partial charge in [0.2, 0.25) is 5.91 Å². The van der Waals surface area contributed by atoms with Crippen molar-refractivity contribution < 1.29 is 9.90 Å².